The van der Waals surface area contributed by atoms with Gasteiger partial charge in [-0.2, -0.15) is 5.10 Å². The Balaban J connectivity index is 2.43. The number of thioether (sulfide) groups is 1. The van der Waals surface area contributed by atoms with Crippen LogP contribution in [0.15, 0.2) is 27.9 Å². The van der Waals surface area contributed by atoms with Crippen LogP contribution in [0.1, 0.15) is 40.0 Å². The van der Waals surface area contributed by atoms with E-state index in [1.807, 2.05) is 6.26 Å². The zero-order valence-corrected chi connectivity index (χ0v) is 16.3. The van der Waals surface area contributed by atoms with Crippen molar-refractivity contribution in [1.82, 2.24) is 9.78 Å². The lowest BCUT2D eigenvalue weighted by molar-refractivity contribution is 0.0775. The van der Waals surface area contributed by atoms with Gasteiger partial charge in [0, 0.05) is 30.3 Å². The highest BCUT2D eigenvalue weighted by Gasteiger charge is 2.21. The van der Waals surface area contributed by atoms with E-state index >= 15 is 0 Å². The number of Topliss-reactive ketones (excluding diaryl/α,β-unsaturated/α-hetero) is 1. The van der Waals surface area contributed by atoms with Gasteiger partial charge in [-0.25, -0.2) is 9.07 Å². The van der Waals surface area contributed by atoms with E-state index in [2.05, 4.69) is 5.10 Å². The largest absolute Gasteiger partial charge is 0.394 e. The predicted molar refractivity (Wildman–Crippen MR) is 102 cm³/mol. The van der Waals surface area contributed by atoms with E-state index in [0.717, 1.165) is 9.58 Å². The number of nitrogens with zero attached hydrogens (tertiary/aromatic N) is 2. The van der Waals surface area contributed by atoms with Crippen LogP contribution in [0.25, 0.3) is 0 Å². The Morgan fingerprint density at radius 2 is 2.11 bits per heavy atom. The fraction of sp³-hybridized carbons (Fsp3) is 0.421. The van der Waals surface area contributed by atoms with Crippen LogP contribution in [0.5, 0.6) is 0 Å². The lowest BCUT2D eigenvalue weighted by atomic mass is 9.96. The Morgan fingerprint density at radius 1 is 1.41 bits per heavy atom. The van der Waals surface area contributed by atoms with Crippen molar-refractivity contribution in [2.45, 2.75) is 37.2 Å². The molecular formula is C19H23FN2O4S. The summed E-state index contributed by atoms with van der Waals surface area (Å²) in [5.74, 6) is -0.770. The summed E-state index contributed by atoms with van der Waals surface area (Å²) in [6.45, 7) is 1.15. The molecule has 0 bridgehead atoms. The number of aromatic nitrogens is 2. The van der Waals surface area contributed by atoms with Gasteiger partial charge >= 0.3 is 0 Å². The van der Waals surface area contributed by atoms with Crippen molar-refractivity contribution in [3.8, 4) is 0 Å². The third-order valence-corrected chi connectivity index (χ3v) is 5.14. The minimum absolute atomic E-state index is 0.0345. The van der Waals surface area contributed by atoms with E-state index in [1.165, 1.54) is 24.9 Å². The number of rotatable bonds is 8. The summed E-state index contributed by atoms with van der Waals surface area (Å²) in [6.07, 6.45) is 0.963. The average molecular weight is 394 g/mol. The van der Waals surface area contributed by atoms with Crippen molar-refractivity contribution in [1.29, 1.82) is 0 Å². The van der Waals surface area contributed by atoms with Gasteiger partial charge in [-0.3, -0.25) is 9.59 Å². The number of aliphatic hydroxyl groups excluding tert-OH is 2. The lowest BCUT2D eigenvalue weighted by Crippen LogP contribution is -2.28. The number of halogens is 1. The standard InChI is InChI=1S/C19H23FN2O4S/c1-11-15(8-12-4-6-14(27-3)9-16(12)20)18(21-22(2)19(11)26)17(25)7-5-13(24)10-23/h4,6,9,13,23-24H,5,7-8,10H2,1-3H3/t13-/m0/s1. The molecule has 0 saturated heterocycles. The molecule has 27 heavy (non-hydrogen) atoms. The molecular weight excluding hydrogens is 371 g/mol. The SMILES string of the molecule is CSc1ccc(Cc2c(C(=O)CC[C@H](O)CO)nn(C)c(=O)c2C)c(F)c1. The van der Waals surface area contributed by atoms with Crippen molar-refractivity contribution in [2.24, 2.45) is 7.05 Å². The number of hydrogen-bond donors (Lipinski definition) is 2. The third kappa shape index (κ3) is 5.03. The summed E-state index contributed by atoms with van der Waals surface area (Å²) in [6, 6.07) is 4.84. The minimum Gasteiger partial charge on any atom is -0.394 e. The summed E-state index contributed by atoms with van der Waals surface area (Å²) in [5.41, 5.74) is 0.839. The maximum atomic E-state index is 14.4. The summed E-state index contributed by atoms with van der Waals surface area (Å²) < 4.78 is 15.5. The van der Waals surface area contributed by atoms with Gasteiger partial charge in [-0.1, -0.05) is 6.07 Å². The second-order valence-electron chi connectivity index (χ2n) is 6.31. The fourth-order valence-electron chi connectivity index (χ4n) is 2.74. The third-order valence-electron chi connectivity index (χ3n) is 4.41. The van der Waals surface area contributed by atoms with Crippen molar-refractivity contribution in [3.05, 3.63) is 56.8 Å². The van der Waals surface area contributed by atoms with Crippen LogP contribution < -0.4 is 5.56 Å². The van der Waals surface area contributed by atoms with Crippen LogP contribution in [0, 0.1) is 12.7 Å². The summed E-state index contributed by atoms with van der Waals surface area (Å²) >= 11 is 1.42. The van der Waals surface area contributed by atoms with Crippen LogP contribution in [-0.2, 0) is 13.5 Å². The smallest absolute Gasteiger partial charge is 0.269 e. The number of aliphatic hydroxyl groups is 2. The predicted octanol–water partition coefficient (Wildman–Crippen LogP) is 1.86. The fourth-order valence-corrected chi connectivity index (χ4v) is 3.17. The van der Waals surface area contributed by atoms with Crippen LogP contribution in [0.3, 0.4) is 0 Å². The number of benzene rings is 1. The first-order valence-electron chi connectivity index (χ1n) is 8.49. The van der Waals surface area contributed by atoms with Crippen LogP contribution in [0.4, 0.5) is 4.39 Å². The topological polar surface area (TPSA) is 92.4 Å². The highest BCUT2D eigenvalue weighted by molar-refractivity contribution is 7.98. The molecule has 0 radical (unpaired) electrons. The maximum absolute atomic E-state index is 14.4. The zero-order valence-electron chi connectivity index (χ0n) is 15.5. The molecule has 1 heterocycles. The first-order chi connectivity index (χ1) is 12.8. The average Bonchev–Trinajstić information content (AvgIpc) is 2.66. The molecule has 2 N–H and O–H groups in total. The molecule has 0 aliphatic heterocycles. The van der Waals surface area contributed by atoms with Gasteiger partial charge in [-0.05, 0) is 42.9 Å². The number of carbonyl (C=O) groups is 1. The van der Waals surface area contributed by atoms with Gasteiger partial charge in [0.1, 0.15) is 11.5 Å². The van der Waals surface area contributed by atoms with Gasteiger partial charge in [0.2, 0.25) is 0 Å². The van der Waals surface area contributed by atoms with Gasteiger partial charge in [0.05, 0.1) is 12.7 Å². The normalized spacial score (nSPS) is 12.2. The van der Waals surface area contributed by atoms with E-state index in [-0.39, 0.29) is 36.3 Å². The molecule has 0 saturated carbocycles. The van der Waals surface area contributed by atoms with Crippen molar-refractivity contribution in [2.75, 3.05) is 12.9 Å². The molecule has 6 nitrogen and oxygen atoms in total. The lowest BCUT2D eigenvalue weighted by Gasteiger charge is -2.14. The van der Waals surface area contributed by atoms with Crippen LogP contribution >= 0.6 is 11.8 Å². The van der Waals surface area contributed by atoms with E-state index in [4.69, 9.17) is 5.11 Å². The number of aryl methyl sites for hydroxylation is 1. The van der Waals surface area contributed by atoms with E-state index < -0.39 is 18.5 Å². The van der Waals surface area contributed by atoms with Crippen LogP contribution in [0.2, 0.25) is 0 Å². The molecule has 1 atom stereocenters. The molecule has 1 aromatic heterocycles. The van der Waals surface area contributed by atoms with Crippen molar-refractivity contribution >= 4 is 17.5 Å². The van der Waals surface area contributed by atoms with Crippen LogP contribution in [-0.4, -0.2) is 44.7 Å². The molecule has 0 fully saturated rings. The monoisotopic (exact) mass is 394 g/mol. The molecule has 146 valence electrons. The summed E-state index contributed by atoms with van der Waals surface area (Å²) in [7, 11) is 1.45. The van der Waals surface area contributed by atoms with E-state index in [1.54, 1.807) is 19.1 Å². The molecule has 1 aromatic carbocycles. The van der Waals surface area contributed by atoms with Crippen molar-refractivity contribution < 1.29 is 19.4 Å². The molecule has 0 aliphatic carbocycles. The Morgan fingerprint density at radius 3 is 2.70 bits per heavy atom. The molecule has 8 heteroatoms. The Kier molecular flexibility index (Phi) is 7.29. The molecule has 2 rings (SSSR count). The number of ketones is 1. The van der Waals surface area contributed by atoms with E-state index in [0.29, 0.717) is 16.7 Å². The van der Waals surface area contributed by atoms with Gasteiger partial charge < -0.3 is 10.2 Å². The zero-order chi connectivity index (χ0) is 20.1. The van der Waals surface area contributed by atoms with Gasteiger partial charge in [0.25, 0.3) is 5.56 Å². The Hall–Kier alpha value is -2.03. The number of hydrogen-bond acceptors (Lipinski definition) is 6. The molecule has 0 aliphatic rings. The first-order valence-corrected chi connectivity index (χ1v) is 9.72. The quantitative estimate of drug-likeness (QED) is 0.524. The molecule has 0 spiro atoms. The molecule has 0 amide bonds. The second-order valence-corrected chi connectivity index (χ2v) is 7.19. The summed E-state index contributed by atoms with van der Waals surface area (Å²) in [5, 5.41) is 22.4. The highest BCUT2D eigenvalue weighted by atomic mass is 32.2. The minimum atomic E-state index is -0.998. The summed E-state index contributed by atoms with van der Waals surface area (Å²) in [4.78, 5) is 25.7. The van der Waals surface area contributed by atoms with Gasteiger partial charge in [-0.15, -0.1) is 11.8 Å². The molecule has 0 unspecified atom stereocenters. The Bertz CT molecular complexity index is 898. The highest BCUT2D eigenvalue weighted by Crippen LogP contribution is 2.23. The van der Waals surface area contributed by atoms with Gasteiger partial charge in [0.15, 0.2) is 5.78 Å². The molecule has 2 aromatic rings. The van der Waals surface area contributed by atoms with E-state index in [9.17, 15) is 19.1 Å². The number of carbonyl (C=O) groups excluding carboxylic acids is 1. The van der Waals surface area contributed by atoms with Crippen molar-refractivity contribution in [3.63, 3.8) is 0 Å². The first kappa shape index (κ1) is 21.3. The second kappa shape index (κ2) is 9.25. The Labute approximate surface area is 161 Å². The maximum Gasteiger partial charge on any atom is 0.269 e.